The second-order valence-electron chi connectivity index (χ2n) is 7.51. The van der Waals surface area contributed by atoms with E-state index in [1.807, 2.05) is 25.1 Å². The van der Waals surface area contributed by atoms with E-state index in [4.69, 9.17) is 4.74 Å². The molecule has 1 saturated heterocycles. The van der Waals surface area contributed by atoms with Gasteiger partial charge in [-0.3, -0.25) is 9.59 Å². The molecule has 3 fully saturated rings. The van der Waals surface area contributed by atoms with Gasteiger partial charge in [-0.05, 0) is 31.4 Å². The summed E-state index contributed by atoms with van der Waals surface area (Å²) in [5, 5.41) is 5.56. The van der Waals surface area contributed by atoms with E-state index in [9.17, 15) is 9.59 Å². The highest BCUT2D eigenvalue weighted by atomic mass is 16.5. The van der Waals surface area contributed by atoms with Gasteiger partial charge in [0.2, 0.25) is 0 Å². The summed E-state index contributed by atoms with van der Waals surface area (Å²) in [5.74, 6) is 0.197. The van der Waals surface area contributed by atoms with Crippen molar-refractivity contribution in [3.8, 4) is 0 Å². The van der Waals surface area contributed by atoms with Gasteiger partial charge in [0, 0.05) is 38.1 Å². The van der Waals surface area contributed by atoms with Crippen LogP contribution in [0, 0.1) is 11.3 Å². The standard InChI is InChI=1S/C18H24N4O3/c1-22(2)13-6-3-5-12(19-13)20-16(23)17(24)21-14-11-7-10-25-15(11)18(14)8-4-9-18/h3,5-6,11,14-15H,4,7-10H2,1-2H3,(H,21,24)(H,19,20,23)/t11-,14-,15+/m1/s1. The maximum Gasteiger partial charge on any atom is 0.314 e. The van der Waals surface area contributed by atoms with Gasteiger partial charge in [0.25, 0.3) is 0 Å². The van der Waals surface area contributed by atoms with Gasteiger partial charge in [-0.25, -0.2) is 4.98 Å². The van der Waals surface area contributed by atoms with Crippen molar-refractivity contribution < 1.29 is 14.3 Å². The zero-order valence-electron chi connectivity index (χ0n) is 14.6. The fourth-order valence-electron chi connectivity index (χ4n) is 4.58. The highest BCUT2D eigenvalue weighted by molar-refractivity contribution is 6.39. The van der Waals surface area contributed by atoms with Crippen molar-refractivity contribution in [3.05, 3.63) is 18.2 Å². The van der Waals surface area contributed by atoms with Gasteiger partial charge in [0.15, 0.2) is 0 Å². The topological polar surface area (TPSA) is 83.6 Å². The predicted molar refractivity (Wildman–Crippen MR) is 93.3 cm³/mol. The molecule has 25 heavy (non-hydrogen) atoms. The Labute approximate surface area is 147 Å². The van der Waals surface area contributed by atoms with E-state index in [0.717, 1.165) is 31.7 Å². The van der Waals surface area contributed by atoms with Crippen LogP contribution in [0.5, 0.6) is 0 Å². The number of fused-ring (bicyclic) bond motifs is 2. The first-order chi connectivity index (χ1) is 12.0. The van der Waals surface area contributed by atoms with Crippen LogP contribution in [0.1, 0.15) is 25.7 Å². The molecule has 2 N–H and O–H groups in total. The number of amides is 2. The van der Waals surface area contributed by atoms with Crippen molar-refractivity contribution in [2.24, 2.45) is 11.3 Å². The van der Waals surface area contributed by atoms with Crippen molar-refractivity contribution in [2.45, 2.75) is 37.8 Å². The molecule has 7 nitrogen and oxygen atoms in total. The summed E-state index contributed by atoms with van der Waals surface area (Å²) in [7, 11) is 3.74. The number of hydrogen-bond acceptors (Lipinski definition) is 5. The molecule has 0 unspecified atom stereocenters. The van der Waals surface area contributed by atoms with Crippen molar-refractivity contribution >= 4 is 23.5 Å². The fourth-order valence-corrected chi connectivity index (χ4v) is 4.58. The molecule has 1 aliphatic heterocycles. The van der Waals surface area contributed by atoms with Crippen molar-refractivity contribution in [1.29, 1.82) is 0 Å². The lowest BCUT2D eigenvalue weighted by Gasteiger charge is -2.63. The summed E-state index contributed by atoms with van der Waals surface area (Å²) in [6, 6.07) is 5.37. The molecular weight excluding hydrogens is 320 g/mol. The van der Waals surface area contributed by atoms with Gasteiger partial charge >= 0.3 is 11.8 Å². The van der Waals surface area contributed by atoms with Crippen LogP contribution in [-0.2, 0) is 14.3 Å². The second-order valence-corrected chi connectivity index (χ2v) is 7.51. The molecule has 0 aromatic carbocycles. The highest BCUT2D eigenvalue weighted by Gasteiger charge is 2.67. The number of aromatic nitrogens is 1. The number of pyridine rings is 1. The third-order valence-corrected chi connectivity index (χ3v) is 5.96. The third kappa shape index (κ3) is 2.57. The van der Waals surface area contributed by atoms with Gasteiger partial charge < -0.3 is 20.3 Å². The quantitative estimate of drug-likeness (QED) is 0.804. The number of anilines is 2. The van der Waals surface area contributed by atoms with Crippen LogP contribution in [0.2, 0.25) is 0 Å². The van der Waals surface area contributed by atoms with Crippen LogP contribution in [0.15, 0.2) is 18.2 Å². The first-order valence-corrected chi connectivity index (χ1v) is 8.89. The van der Waals surface area contributed by atoms with Crippen LogP contribution in [0.25, 0.3) is 0 Å². The Balaban J connectivity index is 1.40. The van der Waals surface area contributed by atoms with E-state index >= 15 is 0 Å². The lowest BCUT2D eigenvalue weighted by molar-refractivity contribution is -0.179. The van der Waals surface area contributed by atoms with E-state index in [1.54, 1.807) is 12.1 Å². The summed E-state index contributed by atoms with van der Waals surface area (Å²) in [6.07, 6.45) is 4.56. The van der Waals surface area contributed by atoms with Gasteiger partial charge in [-0.2, -0.15) is 0 Å². The normalized spacial score (nSPS) is 28.5. The molecule has 1 aromatic heterocycles. The molecule has 0 bridgehead atoms. The summed E-state index contributed by atoms with van der Waals surface area (Å²) >= 11 is 0. The molecule has 2 aliphatic carbocycles. The Morgan fingerprint density at radius 2 is 2.08 bits per heavy atom. The lowest BCUT2D eigenvalue weighted by atomic mass is 9.46. The maximum atomic E-state index is 12.4. The first kappa shape index (κ1) is 16.3. The minimum atomic E-state index is -0.666. The van der Waals surface area contributed by atoms with E-state index in [2.05, 4.69) is 15.6 Å². The SMILES string of the molecule is CN(C)c1cccc(NC(=O)C(=O)N[C@@H]2[C@H]3CCO[C@@H]3C23CCC3)n1. The van der Waals surface area contributed by atoms with Crippen LogP contribution in [-0.4, -0.2) is 49.6 Å². The minimum Gasteiger partial charge on any atom is -0.377 e. The fraction of sp³-hybridized carbons (Fsp3) is 0.611. The number of nitrogens with zero attached hydrogens (tertiary/aromatic N) is 2. The Bertz CT molecular complexity index is 701. The van der Waals surface area contributed by atoms with Gasteiger partial charge in [-0.1, -0.05) is 12.5 Å². The molecule has 2 heterocycles. The molecule has 3 atom stereocenters. The van der Waals surface area contributed by atoms with Crippen LogP contribution in [0.4, 0.5) is 11.6 Å². The molecule has 0 radical (unpaired) electrons. The highest BCUT2D eigenvalue weighted by Crippen LogP contribution is 2.62. The average Bonchev–Trinajstić information content (AvgIpc) is 2.96. The number of hydrogen-bond donors (Lipinski definition) is 2. The smallest absolute Gasteiger partial charge is 0.314 e. The molecule has 7 heteroatoms. The lowest BCUT2D eigenvalue weighted by Crippen LogP contribution is -2.72. The van der Waals surface area contributed by atoms with E-state index in [1.165, 1.54) is 6.42 Å². The average molecular weight is 344 g/mol. The summed E-state index contributed by atoms with van der Waals surface area (Å²) in [6.45, 7) is 0.761. The molecule has 2 amide bonds. The number of ether oxygens (including phenoxy) is 1. The van der Waals surface area contributed by atoms with Crippen LogP contribution < -0.4 is 15.5 Å². The zero-order valence-corrected chi connectivity index (χ0v) is 14.6. The van der Waals surface area contributed by atoms with Gasteiger partial charge in [0.1, 0.15) is 11.6 Å². The molecule has 1 aromatic rings. The Morgan fingerprint density at radius 1 is 1.28 bits per heavy atom. The van der Waals surface area contributed by atoms with Crippen LogP contribution in [0.3, 0.4) is 0 Å². The van der Waals surface area contributed by atoms with Gasteiger partial charge in [0.05, 0.1) is 6.10 Å². The van der Waals surface area contributed by atoms with E-state index in [0.29, 0.717) is 11.7 Å². The van der Waals surface area contributed by atoms with Gasteiger partial charge in [-0.15, -0.1) is 0 Å². The van der Waals surface area contributed by atoms with E-state index in [-0.39, 0.29) is 17.6 Å². The van der Waals surface area contributed by atoms with E-state index < -0.39 is 11.8 Å². The second kappa shape index (κ2) is 5.98. The number of nitrogens with one attached hydrogen (secondary N) is 2. The first-order valence-electron chi connectivity index (χ1n) is 8.89. The molecule has 134 valence electrons. The number of carbonyl (C=O) groups excluding carboxylic acids is 2. The Hall–Kier alpha value is -2.15. The Kier molecular flexibility index (Phi) is 3.91. The molecule has 1 spiro atoms. The largest absolute Gasteiger partial charge is 0.377 e. The monoisotopic (exact) mass is 344 g/mol. The summed E-state index contributed by atoms with van der Waals surface area (Å²) in [5.41, 5.74) is 0.0696. The zero-order chi connectivity index (χ0) is 17.6. The predicted octanol–water partition coefficient (Wildman–Crippen LogP) is 1.16. The minimum absolute atomic E-state index is 0.0630. The molecule has 2 saturated carbocycles. The van der Waals surface area contributed by atoms with Crippen molar-refractivity contribution in [3.63, 3.8) is 0 Å². The molecule has 4 rings (SSSR count). The van der Waals surface area contributed by atoms with Crippen molar-refractivity contribution in [1.82, 2.24) is 10.3 Å². The maximum absolute atomic E-state index is 12.4. The Morgan fingerprint density at radius 3 is 2.76 bits per heavy atom. The summed E-state index contributed by atoms with van der Waals surface area (Å²) < 4.78 is 5.85. The van der Waals surface area contributed by atoms with Crippen molar-refractivity contribution in [2.75, 3.05) is 30.9 Å². The van der Waals surface area contributed by atoms with Crippen LogP contribution >= 0.6 is 0 Å². The molecule has 3 aliphatic rings. The third-order valence-electron chi connectivity index (χ3n) is 5.96. The summed E-state index contributed by atoms with van der Waals surface area (Å²) in [4.78, 5) is 30.8. The molecular formula is C18H24N4O3. The number of rotatable bonds is 3. The number of carbonyl (C=O) groups is 2.